The molecule has 3 aliphatic carbocycles. The number of rotatable bonds is 2. The Morgan fingerprint density at radius 3 is 1.64 bits per heavy atom. The first-order valence-corrected chi connectivity index (χ1v) is 9.84. The number of hydrogen-bond acceptors (Lipinski definition) is 0. The Kier molecular flexibility index (Phi) is 5.56. The van der Waals surface area contributed by atoms with Gasteiger partial charge in [0, 0.05) is 0 Å². The van der Waals surface area contributed by atoms with Crippen LogP contribution in [0, 0.1) is 23.7 Å². The standard InChI is InChI=1S/C18H32B2F2/c19-14-7-5-12(6-8-14)11-1-3-13(4-2-11)15-9-10-16(20)18(22)17(15)21/h11-18H,1-10,19-20H2. The lowest BCUT2D eigenvalue weighted by Gasteiger charge is -2.43. The van der Waals surface area contributed by atoms with Gasteiger partial charge in [-0.3, -0.25) is 0 Å². The number of hydrogen-bond donors (Lipinski definition) is 0. The number of alkyl halides is 2. The summed E-state index contributed by atoms with van der Waals surface area (Å²) in [5, 5.41) is 0. The van der Waals surface area contributed by atoms with Crippen LogP contribution in [0.2, 0.25) is 11.6 Å². The summed E-state index contributed by atoms with van der Waals surface area (Å²) in [6, 6.07) is 0. The van der Waals surface area contributed by atoms with Gasteiger partial charge in [-0.15, -0.1) is 0 Å². The molecular weight excluding hydrogens is 276 g/mol. The highest BCUT2D eigenvalue weighted by Gasteiger charge is 2.43. The molecule has 0 radical (unpaired) electrons. The molecular formula is C18H32B2F2. The van der Waals surface area contributed by atoms with E-state index in [2.05, 4.69) is 7.85 Å². The van der Waals surface area contributed by atoms with E-state index in [9.17, 15) is 8.78 Å². The van der Waals surface area contributed by atoms with E-state index in [1.165, 1.54) is 38.5 Å². The van der Waals surface area contributed by atoms with Crippen LogP contribution < -0.4 is 0 Å². The van der Waals surface area contributed by atoms with Crippen LogP contribution in [-0.2, 0) is 0 Å². The minimum Gasteiger partial charge on any atom is -0.245 e. The van der Waals surface area contributed by atoms with Gasteiger partial charge < -0.3 is 0 Å². The molecule has 0 bridgehead atoms. The van der Waals surface area contributed by atoms with Crippen LogP contribution in [0.4, 0.5) is 8.78 Å². The average molecular weight is 308 g/mol. The molecule has 3 fully saturated rings. The van der Waals surface area contributed by atoms with Crippen molar-refractivity contribution in [2.75, 3.05) is 0 Å². The molecule has 0 N–H and O–H groups in total. The van der Waals surface area contributed by atoms with Gasteiger partial charge >= 0.3 is 0 Å². The molecule has 3 aliphatic rings. The van der Waals surface area contributed by atoms with E-state index in [0.717, 1.165) is 43.3 Å². The summed E-state index contributed by atoms with van der Waals surface area (Å²) >= 11 is 0. The first-order valence-electron chi connectivity index (χ1n) is 9.84. The second-order valence-electron chi connectivity index (χ2n) is 8.80. The summed E-state index contributed by atoms with van der Waals surface area (Å²) in [6.45, 7) is 0. The van der Waals surface area contributed by atoms with Crippen LogP contribution in [0.1, 0.15) is 64.2 Å². The molecule has 3 saturated carbocycles. The molecule has 22 heavy (non-hydrogen) atoms. The van der Waals surface area contributed by atoms with Gasteiger partial charge in [-0.05, 0) is 61.6 Å². The Morgan fingerprint density at radius 1 is 0.545 bits per heavy atom. The van der Waals surface area contributed by atoms with E-state index < -0.39 is 12.3 Å². The van der Waals surface area contributed by atoms with E-state index in [4.69, 9.17) is 0 Å². The van der Waals surface area contributed by atoms with Crippen LogP contribution >= 0.6 is 0 Å². The monoisotopic (exact) mass is 308 g/mol. The van der Waals surface area contributed by atoms with Crippen molar-refractivity contribution in [2.45, 2.75) is 88.2 Å². The van der Waals surface area contributed by atoms with Crippen molar-refractivity contribution in [1.29, 1.82) is 0 Å². The fourth-order valence-electron chi connectivity index (χ4n) is 5.62. The van der Waals surface area contributed by atoms with Crippen molar-refractivity contribution in [3.63, 3.8) is 0 Å². The fourth-order valence-corrected chi connectivity index (χ4v) is 5.62. The fraction of sp³-hybridized carbons (Fsp3) is 1.00. The maximum atomic E-state index is 14.4. The van der Waals surface area contributed by atoms with Gasteiger partial charge in [0.15, 0.2) is 0 Å². The normalized spacial score (nSPS) is 50.6. The third-order valence-electron chi connectivity index (χ3n) is 7.36. The second-order valence-corrected chi connectivity index (χ2v) is 8.80. The lowest BCUT2D eigenvalue weighted by Crippen LogP contribution is -2.40. The molecule has 4 atom stereocenters. The molecule has 4 unspecified atom stereocenters. The summed E-state index contributed by atoms with van der Waals surface area (Å²) in [5.41, 5.74) is 0. The molecule has 3 rings (SSSR count). The zero-order chi connectivity index (χ0) is 15.7. The van der Waals surface area contributed by atoms with Crippen molar-refractivity contribution in [3.8, 4) is 0 Å². The van der Waals surface area contributed by atoms with Gasteiger partial charge in [0.05, 0.1) is 0 Å². The highest BCUT2D eigenvalue weighted by molar-refractivity contribution is 6.12. The molecule has 0 nitrogen and oxygen atoms in total. The van der Waals surface area contributed by atoms with Crippen LogP contribution in [0.25, 0.3) is 0 Å². The topological polar surface area (TPSA) is 0 Å². The third-order valence-corrected chi connectivity index (χ3v) is 7.36. The van der Waals surface area contributed by atoms with Gasteiger partial charge in [-0.25, -0.2) is 8.78 Å². The quantitative estimate of drug-likeness (QED) is 0.679. The molecule has 0 amide bonds. The Bertz CT molecular complexity index is 349. The van der Waals surface area contributed by atoms with E-state index in [1.54, 1.807) is 0 Å². The van der Waals surface area contributed by atoms with E-state index in [1.807, 2.05) is 7.85 Å². The second kappa shape index (κ2) is 7.26. The predicted molar refractivity (Wildman–Crippen MR) is 94.5 cm³/mol. The van der Waals surface area contributed by atoms with Gasteiger partial charge in [-0.1, -0.05) is 37.9 Å². The van der Waals surface area contributed by atoms with Gasteiger partial charge in [-0.2, -0.15) is 0 Å². The molecule has 0 aromatic carbocycles. The lowest BCUT2D eigenvalue weighted by atomic mass is 9.61. The molecule has 0 heterocycles. The van der Waals surface area contributed by atoms with Crippen LogP contribution in [-0.4, -0.2) is 28.0 Å². The van der Waals surface area contributed by atoms with Crippen molar-refractivity contribution in [3.05, 3.63) is 0 Å². The third kappa shape index (κ3) is 3.56. The summed E-state index contributed by atoms with van der Waals surface area (Å²) in [6.07, 6.45) is 9.89. The summed E-state index contributed by atoms with van der Waals surface area (Å²) in [5.74, 6) is 3.12. The maximum Gasteiger partial charge on any atom is 0.134 e. The van der Waals surface area contributed by atoms with E-state index >= 15 is 0 Å². The molecule has 0 saturated heterocycles. The van der Waals surface area contributed by atoms with Crippen molar-refractivity contribution < 1.29 is 8.78 Å². The molecule has 0 aromatic rings. The smallest absolute Gasteiger partial charge is 0.134 e. The largest absolute Gasteiger partial charge is 0.245 e. The van der Waals surface area contributed by atoms with Crippen molar-refractivity contribution in [2.24, 2.45) is 23.7 Å². The highest BCUT2D eigenvalue weighted by Crippen LogP contribution is 2.47. The Hall–Kier alpha value is -0.0101. The van der Waals surface area contributed by atoms with Crippen LogP contribution in [0.3, 0.4) is 0 Å². The average Bonchev–Trinajstić information content (AvgIpc) is 2.54. The molecule has 0 spiro atoms. The van der Waals surface area contributed by atoms with Gasteiger partial charge in [0.2, 0.25) is 0 Å². The molecule has 4 heteroatoms. The molecule has 0 aliphatic heterocycles. The van der Waals surface area contributed by atoms with Crippen molar-refractivity contribution >= 4 is 15.7 Å². The number of halogens is 2. The van der Waals surface area contributed by atoms with E-state index in [0.29, 0.717) is 5.92 Å². The van der Waals surface area contributed by atoms with Crippen LogP contribution in [0.5, 0.6) is 0 Å². The SMILES string of the molecule is BC1CCC(C2CCC(C3CCC(B)C(F)C3F)CC2)CC1. The van der Waals surface area contributed by atoms with Crippen molar-refractivity contribution in [1.82, 2.24) is 0 Å². The maximum absolute atomic E-state index is 14.4. The summed E-state index contributed by atoms with van der Waals surface area (Å²) in [4.78, 5) is 0. The van der Waals surface area contributed by atoms with Gasteiger partial charge in [0.1, 0.15) is 28.0 Å². The van der Waals surface area contributed by atoms with E-state index in [-0.39, 0.29) is 11.7 Å². The molecule has 124 valence electrons. The minimum atomic E-state index is -1.21. The zero-order valence-electron chi connectivity index (χ0n) is 14.4. The Labute approximate surface area is 137 Å². The molecule has 0 aromatic heterocycles. The zero-order valence-corrected chi connectivity index (χ0v) is 14.4. The lowest BCUT2D eigenvalue weighted by molar-refractivity contribution is 0.0170. The summed E-state index contributed by atoms with van der Waals surface area (Å²) < 4.78 is 28.4. The highest BCUT2D eigenvalue weighted by atomic mass is 19.2. The van der Waals surface area contributed by atoms with Gasteiger partial charge in [0.25, 0.3) is 0 Å². The predicted octanol–water partition coefficient (Wildman–Crippen LogP) is 3.91. The first-order chi connectivity index (χ1) is 10.6. The summed E-state index contributed by atoms with van der Waals surface area (Å²) in [7, 11) is 4.25. The Morgan fingerprint density at radius 2 is 1.05 bits per heavy atom. The first kappa shape index (κ1) is 16.8. The van der Waals surface area contributed by atoms with Crippen LogP contribution in [0.15, 0.2) is 0 Å². The Balaban J connectivity index is 1.49. The minimum absolute atomic E-state index is 0.0125.